The molecule has 3 heterocycles. The Labute approximate surface area is 209 Å². The lowest BCUT2D eigenvalue weighted by atomic mass is 10.1. The van der Waals surface area contributed by atoms with Crippen molar-refractivity contribution in [2.24, 2.45) is 0 Å². The average molecular weight is 520 g/mol. The molecule has 0 aliphatic carbocycles. The molecule has 0 bridgehead atoms. The van der Waals surface area contributed by atoms with Crippen LogP contribution in [-0.4, -0.2) is 44.8 Å². The number of nitrogens with two attached hydrogens (primary N) is 1. The number of hydrogen-bond acceptors (Lipinski definition) is 8. The number of alkyl halides is 3. The maximum absolute atomic E-state index is 13.0. The molecule has 1 aliphatic heterocycles. The molecular formula is C23H24F3N7O2S. The monoisotopic (exact) mass is 519 g/mol. The van der Waals surface area contributed by atoms with E-state index in [1.165, 1.54) is 24.7 Å². The molecule has 4 N–H and O–H groups in total. The van der Waals surface area contributed by atoms with Gasteiger partial charge in [0.05, 0.1) is 17.8 Å². The standard InChI is InChI=1S/C23H24F3N7O2S/c1-13(31-21(35)18-16(19(27)30-12-29-18)11-33-7-2-3-8-33)22-28-10-17(36-22)20(34)32-15-6-4-5-14(9-15)23(24,25)26/h4-6,9-10,12-13H,2-3,7-8,11H2,1H3,(H,31,35)(H,32,34)(H2,27,29,30). The lowest BCUT2D eigenvalue weighted by Crippen LogP contribution is -2.30. The van der Waals surface area contributed by atoms with Crippen molar-refractivity contribution in [3.05, 3.63) is 63.5 Å². The average Bonchev–Trinajstić information content (AvgIpc) is 3.52. The molecule has 0 spiro atoms. The second-order valence-corrected chi connectivity index (χ2v) is 9.42. The van der Waals surface area contributed by atoms with Gasteiger partial charge in [-0.15, -0.1) is 11.3 Å². The van der Waals surface area contributed by atoms with Crippen LogP contribution >= 0.6 is 11.3 Å². The number of likely N-dealkylation sites (tertiary alicyclic amines) is 1. The molecule has 2 amide bonds. The number of nitrogens with zero attached hydrogens (tertiary/aromatic N) is 4. The second-order valence-electron chi connectivity index (χ2n) is 8.36. The molecule has 9 nitrogen and oxygen atoms in total. The number of thiazole rings is 1. The fourth-order valence-corrected chi connectivity index (χ4v) is 4.64. The molecule has 1 saturated heterocycles. The van der Waals surface area contributed by atoms with Crippen molar-refractivity contribution in [2.75, 3.05) is 24.1 Å². The smallest absolute Gasteiger partial charge is 0.383 e. The number of anilines is 2. The Morgan fingerprint density at radius 1 is 1.17 bits per heavy atom. The molecule has 36 heavy (non-hydrogen) atoms. The zero-order valence-electron chi connectivity index (χ0n) is 19.3. The highest BCUT2D eigenvalue weighted by atomic mass is 32.1. The Hall–Kier alpha value is -3.58. The van der Waals surface area contributed by atoms with E-state index in [4.69, 9.17) is 5.73 Å². The number of aromatic nitrogens is 3. The van der Waals surface area contributed by atoms with Crippen LogP contribution < -0.4 is 16.4 Å². The molecule has 190 valence electrons. The summed E-state index contributed by atoms with van der Waals surface area (Å²) in [4.78, 5) is 40.3. The van der Waals surface area contributed by atoms with Crippen molar-refractivity contribution in [3.8, 4) is 0 Å². The van der Waals surface area contributed by atoms with Crippen molar-refractivity contribution in [1.29, 1.82) is 0 Å². The van der Waals surface area contributed by atoms with E-state index in [0.29, 0.717) is 17.1 Å². The molecule has 2 aromatic heterocycles. The SMILES string of the molecule is CC(NC(=O)c1ncnc(N)c1CN1CCCC1)c1ncc(C(=O)Nc2cccc(C(F)(F)F)c2)s1. The number of hydrogen-bond donors (Lipinski definition) is 3. The lowest BCUT2D eigenvalue weighted by molar-refractivity contribution is -0.137. The number of carbonyl (C=O) groups is 2. The third-order valence-electron chi connectivity index (χ3n) is 5.69. The molecule has 1 aromatic carbocycles. The quantitative estimate of drug-likeness (QED) is 0.433. The highest BCUT2D eigenvalue weighted by Gasteiger charge is 2.30. The van der Waals surface area contributed by atoms with E-state index < -0.39 is 29.6 Å². The normalized spacial score (nSPS) is 15.0. The fourth-order valence-electron chi connectivity index (χ4n) is 3.83. The van der Waals surface area contributed by atoms with Gasteiger partial charge in [-0.3, -0.25) is 14.5 Å². The minimum absolute atomic E-state index is 0.0120. The third-order valence-corrected chi connectivity index (χ3v) is 6.87. The predicted molar refractivity (Wildman–Crippen MR) is 128 cm³/mol. The van der Waals surface area contributed by atoms with Gasteiger partial charge < -0.3 is 16.4 Å². The minimum Gasteiger partial charge on any atom is -0.383 e. The largest absolute Gasteiger partial charge is 0.416 e. The van der Waals surface area contributed by atoms with Gasteiger partial charge in [0.25, 0.3) is 11.8 Å². The van der Waals surface area contributed by atoms with E-state index in [2.05, 4.69) is 30.5 Å². The molecule has 0 radical (unpaired) electrons. The van der Waals surface area contributed by atoms with Crippen molar-refractivity contribution in [3.63, 3.8) is 0 Å². The van der Waals surface area contributed by atoms with E-state index >= 15 is 0 Å². The maximum atomic E-state index is 13.0. The highest BCUT2D eigenvalue weighted by molar-refractivity contribution is 7.13. The summed E-state index contributed by atoms with van der Waals surface area (Å²) in [7, 11) is 0. The summed E-state index contributed by atoms with van der Waals surface area (Å²) >= 11 is 1.02. The Morgan fingerprint density at radius 2 is 1.92 bits per heavy atom. The first-order chi connectivity index (χ1) is 17.1. The van der Waals surface area contributed by atoms with E-state index in [9.17, 15) is 22.8 Å². The topological polar surface area (TPSA) is 126 Å². The van der Waals surface area contributed by atoms with Gasteiger partial charge in [-0.25, -0.2) is 15.0 Å². The van der Waals surface area contributed by atoms with Gasteiger partial charge in [0.15, 0.2) is 0 Å². The number of nitrogens with one attached hydrogen (secondary N) is 2. The fraction of sp³-hybridized carbons (Fsp3) is 0.348. The summed E-state index contributed by atoms with van der Waals surface area (Å²) in [6, 6.07) is 3.80. The number of nitrogen functional groups attached to an aromatic ring is 1. The predicted octanol–water partition coefficient (Wildman–Crippen LogP) is 3.87. The first kappa shape index (κ1) is 25.5. The Morgan fingerprint density at radius 3 is 2.64 bits per heavy atom. The number of rotatable bonds is 7. The van der Waals surface area contributed by atoms with E-state index in [1.54, 1.807) is 6.92 Å². The third kappa shape index (κ3) is 5.97. The summed E-state index contributed by atoms with van der Waals surface area (Å²) in [6.45, 7) is 4.00. The van der Waals surface area contributed by atoms with Crippen LogP contribution in [-0.2, 0) is 12.7 Å². The van der Waals surface area contributed by atoms with Gasteiger partial charge in [-0.1, -0.05) is 6.07 Å². The molecule has 3 aromatic rings. The molecule has 1 atom stereocenters. The number of halogens is 3. The molecule has 4 rings (SSSR count). The van der Waals surface area contributed by atoms with Crippen molar-refractivity contribution in [1.82, 2.24) is 25.2 Å². The zero-order valence-corrected chi connectivity index (χ0v) is 20.1. The number of carbonyl (C=O) groups excluding carboxylic acids is 2. The maximum Gasteiger partial charge on any atom is 0.416 e. The van der Waals surface area contributed by atoms with Crippen molar-refractivity contribution >= 4 is 34.7 Å². The summed E-state index contributed by atoms with van der Waals surface area (Å²) in [5.41, 5.74) is 5.93. The van der Waals surface area contributed by atoms with Gasteiger partial charge in [0, 0.05) is 17.8 Å². The number of benzene rings is 1. The summed E-state index contributed by atoms with van der Waals surface area (Å²) < 4.78 is 38.8. The molecule has 1 fully saturated rings. The minimum atomic E-state index is -4.52. The molecule has 1 unspecified atom stereocenters. The van der Waals surface area contributed by atoms with E-state index in [0.717, 1.165) is 49.4 Å². The van der Waals surface area contributed by atoms with Gasteiger partial charge in [0.1, 0.15) is 27.7 Å². The molecular weight excluding hydrogens is 495 g/mol. The van der Waals surface area contributed by atoms with Crippen LogP contribution in [0.4, 0.5) is 24.7 Å². The Balaban J connectivity index is 1.43. The van der Waals surface area contributed by atoms with Gasteiger partial charge in [-0.05, 0) is 51.1 Å². The molecule has 1 aliphatic rings. The van der Waals surface area contributed by atoms with Crippen molar-refractivity contribution < 1.29 is 22.8 Å². The van der Waals surface area contributed by atoms with Crippen LogP contribution in [0.3, 0.4) is 0 Å². The first-order valence-electron chi connectivity index (χ1n) is 11.2. The zero-order chi connectivity index (χ0) is 25.9. The van der Waals surface area contributed by atoms with Crippen LogP contribution in [0.25, 0.3) is 0 Å². The second kappa shape index (κ2) is 10.6. The van der Waals surface area contributed by atoms with Crippen LogP contribution in [0.2, 0.25) is 0 Å². The van der Waals surface area contributed by atoms with Gasteiger partial charge >= 0.3 is 6.18 Å². The van der Waals surface area contributed by atoms with Gasteiger partial charge in [0.2, 0.25) is 0 Å². The van der Waals surface area contributed by atoms with Crippen LogP contribution in [0.15, 0.2) is 36.8 Å². The van der Waals surface area contributed by atoms with E-state index in [-0.39, 0.29) is 22.1 Å². The summed E-state index contributed by atoms with van der Waals surface area (Å²) in [6.07, 6.45) is 0.198. The van der Waals surface area contributed by atoms with Crippen LogP contribution in [0.5, 0.6) is 0 Å². The first-order valence-corrected chi connectivity index (χ1v) is 12.0. The Bertz CT molecular complexity index is 1260. The lowest BCUT2D eigenvalue weighted by Gasteiger charge is -2.18. The Kier molecular flexibility index (Phi) is 7.50. The number of amides is 2. The van der Waals surface area contributed by atoms with Gasteiger partial charge in [-0.2, -0.15) is 13.2 Å². The summed E-state index contributed by atoms with van der Waals surface area (Å²) in [5.74, 6) is -0.804. The van der Waals surface area contributed by atoms with Crippen LogP contribution in [0.1, 0.15) is 62.1 Å². The van der Waals surface area contributed by atoms with E-state index in [1.807, 2.05) is 0 Å². The molecule has 13 heteroatoms. The van der Waals surface area contributed by atoms with Crippen molar-refractivity contribution in [2.45, 2.75) is 38.5 Å². The molecule has 0 saturated carbocycles. The highest BCUT2D eigenvalue weighted by Crippen LogP contribution is 2.31. The summed E-state index contributed by atoms with van der Waals surface area (Å²) in [5, 5.41) is 5.71. The van der Waals surface area contributed by atoms with Crippen LogP contribution in [0, 0.1) is 0 Å².